The zero-order valence-corrected chi connectivity index (χ0v) is 18.6. The third kappa shape index (κ3) is 6.14. The molecule has 0 heterocycles. The van der Waals surface area contributed by atoms with Gasteiger partial charge in [0.1, 0.15) is 0 Å². The predicted molar refractivity (Wildman–Crippen MR) is 121 cm³/mol. The highest BCUT2D eigenvalue weighted by Crippen LogP contribution is 2.25. The molecular weight excluding hydrogens is 467 g/mol. The minimum atomic E-state index is -1.75. The number of ether oxygens (including phenoxy) is 1. The van der Waals surface area contributed by atoms with Gasteiger partial charge in [-0.1, -0.05) is 24.3 Å². The molecule has 11 heteroatoms. The van der Waals surface area contributed by atoms with Crippen molar-refractivity contribution < 1.29 is 37.1 Å². The molecule has 8 nitrogen and oxygen atoms in total. The highest BCUT2D eigenvalue weighted by Gasteiger charge is 2.23. The van der Waals surface area contributed by atoms with E-state index < -0.39 is 59.5 Å². The van der Waals surface area contributed by atoms with Gasteiger partial charge >= 0.3 is 5.97 Å². The van der Waals surface area contributed by atoms with E-state index in [1.165, 1.54) is 19.9 Å². The number of amides is 3. The van der Waals surface area contributed by atoms with Crippen LogP contribution in [0.1, 0.15) is 24.2 Å². The summed E-state index contributed by atoms with van der Waals surface area (Å²) in [5.41, 5.74) is -0.392. The maximum atomic E-state index is 13.7. The van der Waals surface area contributed by atoms with Crippen LogP contribution in [0.5, 0.6) is 0 Å². The topological polar surface area (TPSA) is 114 Å². The zero-order valence-electron chi connectivity index (χ0n) is 18.6. The standard InChI is InChI=1S/C24H20F3N3O5/c1-12(23(33)28-11-20(32)30-18-8-7-17(25)21(26)22(18)27)35-24(34)16-9-14-5-3-4-6-15(14)10-19(16)29-13(2)31/h3-10,12H,11H2,1-2H3,(H,28,33)(H,29,31)(H,30,32). The van der Waals surface area contributed by atoms with Gasteiger partial charge in [-0.3, -0.25) is 14.4 Å². The van der Waals surface area contributed by atoms with Gasteiger partial charge < -0.3 is 20.7 Å². The van der Waals surface area contributed by atoms with Crippen molar-refractivity contribution in [3.8, 4) is 0 Å². The molecule has 3 rings (SSSR count). The summed E-state index contributed by atoms with van der Waals surface area (Å²) in [7, 11) is 0. The molecule has 0 spiro atoms. The quantitative estimate of drug-likeness (QED) is 0.349. The maximum absolute atomic E-state index is 13.7. The number of fused-ring (bicyclic) bond motifs is 1. The normalized spacial score (nSPS) is 11.5. The minimum absolute atomic E-state index is 0.0186. The van der Waals surface area contributed by atoms with Crippen LogP contribution in [0.2, 0.25) is 0 Å². The van der Waals surface area contributed by atoms with Gasteiger partial charge in [0, 0.05) is 6.92 Å². The van der Waals surface area contributed by atoms with Crippen LogP contribution in [-0.4, -0.2) is 36.3 Å². The first kappa shape index (κ1) is 25.2. The van der Waals surface area contributed by atoms with E-state index in [1.54, 1.807) is 30.3 Å². The van der Waals surface area contributed by atoms with Crippen molar-refractivity contribution in [3.05, 3.63) is 71.5 Å². The van der Waals surface area contributed by atoms with Gasteiger partial charge in [-0.25, -0.2) is 18.0 Å². The Morgan fingerprint density at radius 2 is 1.54 bits per heavy atom. The molecular formula is C24H20F3N3O5. The maximum Gasteiger partial charge on any atom is 0.341 e. The molecule has 0 aromatic heterocycles. The number of hydrogen-bond donors (Lipinski definition) is 3. The van der Waals surface area contributed by atoms with Crippen LogP contribution in [-0.2, 0) is 19.1 Å². The van der Waals surface area contributed by atoms with Gasteiger partial charge in [0.05, 0.1) is 23.5 Å². The van der Waals surface area contributed by atoms with Crippen molar-refractivity contribution in [1.29, 1.82) is 0 Å². The lowest BCUT2D eigenvalue weighted by molar-refractivity contribution is -0.130. The lowest BCUT2D eigenvalue weighted by Crippen LogP contribution is -2.40. The van der Waals surface area contributed by atoms with Crippen LogP contribution in [0.4, 0.5) is 24.5 Å². The molecule has 0 fully saturated rings. The molecule has 0 aliphatic rings. The Morgan fingerprint density at radius 3 is 2.20 bits per heavy atom. The molecule has 1 unspecified atom stereocenters. The number of carbonyl (C=O) groups excluding carboxylic acids is 4. The second-order valence-electron chi connectivity index (χ2n) is 7.46. The van der Waals surface area contributed by atoms with Crippen LogP contribution in [0.25, 0.3) is 10.8 Å². The van der Waals surface area contributed by atoms with E-state index in [1.807, 2.05) is 5.32 Å². The lowest BCUT2D eigenvalue weighted by Gasteiger charge is -2.16. The molecule has 182 valence electrons. The number of halogens is 3. The van der Waals surface area contributed by atoms with E-state index in [0.29, 0.717) is 11.5 Å². The van der Waals surface area contributed by atoms with E-state index in [0.717, 1.165) is 11.5 Å². The second-order valence-corrected chi connectivity index (χ2v) is 7.46. The largest absolute Gasteiger partial charge is 0.449 e. The summed E-state index contributed by atoms with van der Waals surface area (Å²) in [6, 6.07) is 11.7. The van der Waals surface area contributed by atoms with Gasteiger partial charge in [0.2, 0.25) is 11.8 Å². The van der Waals surface area contributed by atoms with Crippen molar-refractivity contribution in [2.75, 3.05) is 17.2 Å². The monoisotopic (exact) mass is 487 g/mol. The first-order valence-electron chi connectivity index (χ1n) is 10.3. The fourth-order valence-corrected chi connectivity index (χ4v) is 3.11. The average Bonchev–Trinajstić information content (AvgIpc) is 2.82. The Labute approximate surface area is 197 Å². The first-order chi connectivity index (χ1) is 16.6. The highest BCUT2D eigenvalue weighted by atomic mass is 19.2. The minimum Gasteiger partial charge on any atom is -0.449 e. The van der Waals surface area contributed by atoms with Gasteiger partial charge in [-0.15, -0.1) is 0 Å². The molecule has 35 heavy (non-hydrogen) atoms. The van der Waals surface area contributed by atoms with E-state index in [2.05, 4.69) is 10.6 Å². The number of anilines is 2. The number of nitrogens with one attached hydrogen (secondary N) is 3. The molecule has 0 aliphatic heterocycles. The molecule has 3 aromatic rings. The third-order valence-corrected chi connectivity index (χ3v) is 4.80. The van der Waals surface area contributed by atoms with E-state index in [9.17, 15) is 32.3 Å². The SMILES string of the molecule is CC(=O)Nc1cc2ccccc2cc1C(=O)OC(C)C(=O)NCC(=O)Nc1ccc(F)c(F)c1F. The van der Waals surface area contributed by atoms with Crippen LogP contribution in [0.15, 0.2) is 48.5 Å². The van der Waals surface area contributed by atoms with Crippen LogP contribution in [0, 0.1) is 17.5 Å². The molecule has 3 N–H and O–H groups in total. The van der Waals surface area contributed by atoms with Gasteiger partial charge in [0.15, 0.2) is 23.6 Å². The summed E-state index contributed by atoms with van der Waals surface area (Å²) in [5.74, 6) is -7.83. The first-order valence-corrected chi connectivity index (χ1v) is 10.3. The van der Waals surface area contributed by atoms with Crippen molar-refractivity contribution in [2.45, 2.75) is 20.0 Å². The Bertz CT molecular complexity index is 1330. The predicted octanol–water partition coefficient (Wildman–Crippen LogP) is 3.52. The molecule has 0 saturated carbocycles. The zero-order chi connectivity index (χ0) is 25.7. The van der Waals surface area contributed by atoms with Gasteiger partial charge in [-0.2, -0.15) is 0 Å². The van der Waals surface area contributed by atoms with Crippen molar-refractivity contribution in [1.82, 2.24) is 5.32 Å². The Hall–Kier alpha value is -4.41. The van der Waals surface area contributed by atoms with Gasteiger partial charge in [-0.05, 0) is 42.0 Å². The fourth-order valence-electron chi connectivity index (χ4n) is 3.11. The van der Waals surface area contributed by atoms with Crippen molar-refractivity contribution in [2.24, 2.45) is 0 Å². The molecule has 1 atom stereocenters. The average molecular weight is 487 g/mol. The third-order valence-electron chi connectivity index (χ3n) is 4.80. The summed E-state index contributed by atoms with van der Waals surface area (Å²) in [6.45, 7) is 1.88. The smallest absolute Gasteiger partial charge is 0.341 e. The van der Waals surface area contributed by atoms with E-state index in [4.69, 9.17) is 4.74 Å². The van der Waals surface area contributed by atoms with Crippen LogP contribution in [0.3, 0.4) is 0 Å². The molecule has 3 amide bonds. The number of hydrogen-bond acceptors (Lipinski definition) is 5. The number of benzene rings is 3. The van der Waals surface area contributed by atoms with E-state index in [-0.39, 0.29) is 11.3 Å². The van der Waals surface area contributed by atoms with Crippen LogP contribution >= 0.6 is 0 Å². The van der Waals surface area contributed by atoms with Crippen molar-refractivity contribution in [3.63, 3.8) is 0 Å². The second kappa shape index (κ2) is 10.7. The molecule has 0 saturated heterocycles. The molecule has 0 aliphatic carbocycles. The van der Waals surface area contributed by atoms with E-state index >= 15 is 0 Å². The lowest BCUT2D eigenvalue weighted by atomic mass is 10.0. The number of esters is 1. The summed E-state index contributed by atoms with van der Waals surface area (Å²) in [6.07, 6.45) is -1.34. The molecule has 0 bridgehead atoms. The summed E-state index contributed by atoms with van der Waals surface area (Å²) < 4.78 is 45.1. The van der Waals surface area contributed by atoms with Crippen LogP contribution < -0.4 is 16.0 Å². The molecule has 0 radical (unpaired) electrons. The summed E-state index contributed by atoms with van der Waals surface area (Å²) in [4.78, 5) is 48.5. The number of rotatable bonds is 7. The highest BCUT2D eigenvalue weighted by molar-refractivity contribution is 6.06. The summed E-state index contributed by atoms with van der Waals surface area (Å²) in [5, 5.41) is 8.21. The summed E-state index contributed by atoms with van der Waals surface area (Å²) >= 11 is 0. The Morgan fingerprint density at radius 1 is 0.886 bits per heavy atom. The Balaban J connectivity index is 1.63. The fraction of sp³-hybridized carbons (Fsp3) is 0.167. The van der Waals surface area contributed by atoms with Gasteiger partial charge in [0.25, 0.3) is 5.91 Å². The molecule has 3 aromatic carbocycles. The van der Waals surface area contributed by atoms with Crippen molar-refractivity contribution >= 4 is 45.8 Å². The number of carbonyl (C=O) groups is 4. The Kier molecular flexibility index (Phi) is 7.69.